The third-order valence-corrected chi connectivity index (χ3v) is 7.37. The Kier molecular flexibility index (Phi) is 4.27. The smallest absolute Gasteiger partial charge is 0.244 e. The molecule has 0 aliphatic carbocycles. The van der Waals surface area contributed by atoms with Gasteiger partial charge in [0.25, 0.3) is 0 Å². The molecule has 124 valence electrons. The zero-order valence-electron chi connectivity index (χ0n) is 13.4. The summed E-state index contributed by atoms with van der Waals surface area (Å²) in [4.78, 5) is 17.4. The van der Waals surface area contributed by atoms with Crippen molar-refractivity contribution < 1.29 is 13.2 Å². The van der Waals surface area contributed by atoms with Gasteiger partial charge < -0.3 is 4.90 Å². The molecule has 2 heterocycles. The van der Waals surface area contributed by atoms with Crippen molar-refractivity contribution in [3.05, 3.63) is 29.8 Å². The van der Waals surface area contributed by atoms with Crippen LogP contribution in [0.4, 0.5) is 5.69 Å². The number of hydrogen-bond donors (Lipinski definition) is 0. The van der Waals surface area contributed by atoms with E-state index in [1.807, 2.05) is 29.2 Å². The number of benzene rings is 1. The Balaban J connectivity index is 1.99. The van der Waals surface area contributed by atoms with E-state index in [-0.39, 0.29) is 28.7 Å². The maximum Gasteiger partial charge on any atom is 0.244 e. The first-order chi connectivity index (χ1) is 10.8. The van der Waals surface area contributed by atoms with Crippen molar-refractivity contribution in [3.63, 3.8) is 0 Å². The van der Waals surface area contributed by atoms with Crippen molar-refractivity contribution in [2.24, 2.45) is 4.99 Å². The lowest BCUT2D eigenvalue weighted by Crippen LogP contribution is -2.37. The second-order valence-corrected chi connectivity index (χ2v) is 9.69. The molecule has 2 aliphatic rings. The van der Waals surface area contributed by atoms with Gasteiger partial charge in [-0.25, -0.2) is 8.42 Å². The summed E-state index contributed by atoms with van der Waals surface area (Å²) >= 11 is 1.40. The van der Waals surface area contributed by atoms with Crippen LogP contribution in [0.15, 0.2) is 29.3 Å². The van der Waals surface area contributed by atoms with Crippen molar-refractivity contribution in [2.75, 3.05) is 16.4 Å². The zero-order chi connectivity index (χ0) is 16.8. The highest BCUT2D eigenvalue weighted by molar-refractivity contribution is 8.16. The van der Waals surface area contributed by atoms with Crippen LogP contribution in [0.3, 0.4) is 0 Å². The summed E-state index contributed by atoms with van der Waals surface area (Å²) in [5.41, 5.74) is 2.12. The van der Waals surface area contributed by atoms with E-state index in [9.17, 15) is 13.2 Å². The van der Waals surface area contributed by atoms with E-state index in [4.69, 9.17) is 0 Å². The summed E-state index contributed by atoms with van der Waals surface area (Å²) in [6.45, 7) is 5.67. The summed E-state index contributed by atoms with van der Waals surface area (Å²) in [5.74, 6) is 0.439. The number of amides is 1. The van der Waals surface area contributed by atoms with Gasteiger partial charge in [-0.15, -0.1) is 0 Å². The number of amidine groups is 1. The molecule has 23 heavy (non-hydrogen) atoms. The van der Waals surface area contributed by atoms with E-state index in [1.54, 1.807) is 0 Å². The van der Waals surface area contributed by atoms with Crippen LogP contribution in [-0.4, -0.2) is 42.3 Å². The topological polar surface area (TPSA) is 66.8 Å². The third-order valence-electron chi connectivity index (χ3n) is 4.16. The molecule has 0 spiro atoms. The summed E-state index contributed by atoms with van der Waals surface area (Å²) in [7, 11) is -3.02. The van der Waals surface area contributed by atoms with Gasteiger partial charge in [0.15, 0.2) is 15.0 Å². The molecule has 1 aromatic carbocycles. The highest BCUT2D eigenvalue weighted by Gasteiger charge is 2.49. The lowest BCUT2D eigenvalue weighted by atomic mass is 10.0. The fourth-order valence-electron chi connectivity index (χ4n) is 3.02. The Bertz CT molecular complexity index is 754. The molecule has 2 fully saturated rings. The van der Waals surface area contributed by atoms with Crippen LogP contribution in [0, 0.1) is 0 Å². The molecule has 1 amide bonds. The predicted octanol–water partition coefficient (Wildman–Crippen LogP) is 2.43. The lowest BCUT2D eigenvalue weighted by molar-refractivity contribution is -0.115. The Morgan fingerprint density at radius 2 is 1.91 bits per heavy atom. The monoisotopic (exact) mass is 352 g/mol. The van der Waals surface area contributed by atoms with Gasteiger partial charge in [-0.2, -0.15) is 4.99 Å². The minimum absolute atomic E-state index is 0.0529. The van der Waals surface area contributed by atoms with Gasteiger partial charge in [-0.05, 0) is 23.6 Å². The van der Waals surface area contributed by atoms with Crippen LogP contribution in [0.5, 0.6) is 0 Å². The van der Waals surface area contributed by atoms with Crippen LogP contribution >= 0.6 is 11.8 Å². The Labute approximate surface area is 141 Å². The molecule has 0 bridgehead atoms. The number of rotatable bonds is 2. The van der Waals surface area contributed by atoms with Gasteiger partial charge in [0.05, 0.1) is 17.5 Å². The number of carbonyl (C=O) groups is 1. The van der Waals surface area contributed by atoms with Gasteiger partial charge in [0.1, 0.15) is 0 Å². The number of thioether (sulfide) groups is 1. The van der Waals surface area contributed by atoms with Gasteiger partial charge in [0, 0.05) is 17.9 Å². The molecule has 1 aromatic rings. The average Bonchev–Trinajstić information content (AvgIpc) is 2.89. The largest absolute Gasteiger partial charge is 0.316 e. The molecule has 3 rings (SSSR count). The van der Waals surface area contributed by atoms with E-state index >= 15 is 0 Å². The quantitative estimate of drug-likeness (QED) is 0.818. The van der Waals surface area contributed by atoms with E-state index in [0.29, 0.717) is 11.1 Å². The van der Waals surface area contributed by atoms with E-state index in [2.05, 4.69) is 18.8 Å². The number of hydrogen-bond acceptors (Lipinski definition) is 4. The summed E-state index contributed by atoms with van der Waals surface area (Å²) in [6, 6.07) is 7.92. The van der Waals surface area contributed by atoms with E-state index < -0.39 is 9.84 Å². The molecule has 0 unspecified atom stereocenters. The molecule has 5 nitrogen and oxygen atoms in total. The maximum absolute atomic E-state index is 11.9. The highest BCUT2D eigenvalue weighted by atomic mass is 32.2. The van der Waals surface area contributed by atoms with E-state index in [1.165, 1.54) is 24.2 Å². The molecule has 7 heteroatoms. The third kappa shape index (κ3) is 3.30. The fourth-order valence-corrected chi connectivity index (χ4v) is 6.98. The predicted molar refractivity (Wildman–Crippen MR) is 94.9 cm³/mol. The molecule has 2 saturated heterocycles. The number of carbonyl (C=O) groups excluding carboxylic acids is 1. The van der Waals surface area contributed by atoms with Crippen molar-refractivity contribution in [1.29, 1.82) is 0 Å². The lowest BCUT2D eigenvalue weighted by Gasteiger charge is -2.24. The summed E-state index contributed by atoms with van der Waals surface area (Å²) in [6.07, 6.45) is 0. The second kappa shape index (κ2) is 5.94. The molecule has 0 saturated carbocycles. The molecule has 2 atom stereocenters. The summed E-state index contributed by atoms with van der Waals surface area (Å²) < 4.78 is 23.9. The van der Waals surface area contributed by atoms with Gasteiger partial charge in [-0.1, -0.05) is 37.7 Å². The fraction of sp³-hybridized carbons (Fsp3) is 0.500. The number of aliphatic imine (C=N–C) groups is 1. The Hall–Kier alpha value is -1.34. The van der Waals surface area contributed by atoms with Gasteiger partial charge in [-0.3, -0.25) is 4.79 Å². The van der Waals surface area contributed by atoms with Crippen LogP contribution < -0.4 is 4.90 Å². The number of sulfone groups is 1. The minimum Gasteiger partial charge on any atom is -0.316 e. The van der Waals surface area contributed by atoms with Crippen molar-refractivity contribution in [2.45, 2.75) is 38.0 Å². The molecule has 2 aliphatic heterocycles. The van der Waals surface area contributed by atoms with Crippen LogP contribution in [0.1, 0.15) is 32.3 Å². The highest BCUT2D eigenvalue weighted by Crippen LogP contribution is 2.41. The molecular weight excluding hydrogens is 332 g/mol. The molecule has 0 aromatic heterocycles. The number of fused-ring (bicyclic) bond motifs is 1. The SMILES string of the molecule is CC(=O)N=C1S[C@H]2CS(=O)(=O)C[C@H]2N1c1ccc(C(C)C)cc1. The van der Waals surface area contributed by atoms with Crippen molar-refractivity contribution in [3.8, 4) is 0 Å². The average molecular weight is 352 g/mol. The van der Waals surface area contributed by atoms with Crippen LogP contribution in [0.2, 0.25) is 0 Å². The first-order valence-corrected chi connectivity index (χ1v) is 10.3. The first-order valence-electron chi connectivity index (χ1n) is 7.62. The molecular formula is C16H20N2O3S2. The Morgan fingerprint density at radius 3 is 2.48 bits per heavy atom. The molecule has 0 N–H and O–H groups in total. The normalized spacial score (nSPS) is 27.7. The maximum atomic E-state index is 11.9. The first kappa shape index (κ1) is 16.5. The van der Waals surface area contributed by atoms with E-state index in [0.717, 1.165) is 5.69 Å². The van der Waals surface area contributed by atoms with Gasteiger partial charge >= 0.3 is 0 Å². The second-order valence-electron chi connectivity index (χ2n) is 6.33. The van der Waals surface area contributed by atoms with Crippen molar-refractivity contribution >= 4 is 38.4 Å². The number of anilines is 1. The zero-order valence-corrected chi connectivity index (χ0v) is 15.0. The van der Waals surface area contributed by atoms with Crippen LogP contribution in [0.25, 0.3) is 0 Å². The summed E-state index contributed by atoms with van der Waals surface area (Å²) in [5, 5.41) is 0.558. The standard InChI is InChI=1S/C16H20N2O3S2/c1-10(2)12-4-6-13(7-5-12)18-14-8-23(20,21)9-15(14)22-16(18)17-11(3)19/h4-7,10,14-15H,8-9H2,1-3H3/t14-,15+/m1/s1. The Morgan fingerprint density at radius 1 is 1.26 bits per heavy atom. The number of nitrogens with zero attached hydrogens (tertiary/aromatic N) is 2. The van der Waals surface area contributed by atoms with Crippen molar-refractivity contribution in [1.82, 2.24) is 0 Å². The van der Waals surface area contributed by atoms with Crippen LogP contribution in [-0.2, 0) is 14.6 Å². The minimum atomic E-state index is -3.02. The molecule has 0 radical (unpaired) electrons. The van der Waals surface area contributed by atoms with Gasteiger partial charge in [0.2, 0.25) is 5.91 Å².